The van der Waals surface area contributed by atoms with Crippen LogP contribution in [0.15, 0.2) is 18.2 Å². The maximum absolute atomic E-state index is 6.15. The molecule has 0 aliphatic heterocycles. The summed E-state index contributed by atoms with van der Waals surface area (Å²) in [6, 6.07) is 6.23. The molecule has 1 aromatic heterocycles. The highest BCUT2D eigenvalue weighted by Gasteiger charge is 2.30. The van der Waals surface area contributed by atoms with Crippen LogP contribution in [0.4, 0.5) is 5.95 Å². The van der Waals surface area contributed by atoms with Gasteiger partial charge in [0.2, 0.25) is 5.95 Å². The predicted molar refractivity (Wildman–Crippen MR) is 80.4 cm³/mol. The summed E-state index contributed by atoms with van der Waals surface area (Å²) in [6.45, 7) is 4.66. The van der Waals surface area contributed by atoms with Gasteiger partial charge in [-0.1, -0.05) is 38.3 Å². The van der Waals surface area contributed by atoms with E-state index in [0.717, 1.165) is 22.0 Å². The molecular weight excluding hydrogens is 258 g/mol. The number of aromatic nitrogens is 2. The van der Waals surface area contributed by atoms with Crippen molar-refractivity contribution in [3.8, 4) is 0 Å². The Kier molecular flexibility index (Phi) is 3.17. The number of fused-ring (bicyclic) bond motifs is 1. The van der Waals surface area contributed by atoms with Crippen LogP contribution in [0.2, 0.25) is 5.02 Å². The highest BCUT2D eigenvalue weighted by atomic mass is 35.5. The van der Waals surface area contributed by atoms with Crippen LogP contribution in [-0.2, 0) is 0 Å². The number of hydrogen-bond acceptors (Lipinski definition) is 2. The van der Waals surface area contributed by atoms with Crippen LogP contribution in [0.1, 0.15) is 39.2 Å². The van der Waals surface area contributed by atoms with E-state index in [0.29, 0.717) is 17.9 Å². The summed E-state index contributed by atoms with van der Waals surface area (Å²) in [6.07, 6.45) is 3.74. The molecule has 0 amide bonds. The Balaban J connectivity index is 2.13. The van der Waals surface area contributed by atoms with Crippen molar-refractivity contribution in [1.29, 1.82) is 0 Å². The lowest BCUT2D eigenvalue weighted by molar-refractivity contribution is 0.191. The van der Waals surface area contributed by atoms with Crippen molar-refractivity contribution in [2.75, 3.05) is 5.73 Å². The van der Waals surface area contributed by atoms with E-state index in [4.69, 9.17) is 17.3 Å². The van der Waals surface area contributed by atoms with Crippen molar-refractivity contribution >= 4 is 28.6 Å². The van der Waals surface area contributed by atoms with Gasteiger partial charge in [0, 0.05) is 11.1 Å². The smallest absolute Gasteiger partial charge is 0.201 e. The number of nitrogen functional groups attached to an aromatic ring is 1. The van der Waals surface area contributed by atoms with Crippen molar-refractivity contribution in [1.82, 2.24) is 9.55 Å². The molecule has 1 saturated carbocycles. The predicted octanol–water partition coefficient (Wildman–Crippen LogP) is 4.27. The van der Waals surface area contributed by atoms with Gasteiger partial charge < -0.3 is 10.3 Å². The van der Waals surface area contributed by atoms with Gasteiger partial charge in [-0.05, 0) is 36.5 Å². The maximum Gasteiger partial charge on any atom is 0.201 e. The zero-order chi connectivity index (χ0) is 13.6. The molecule has 102 valence electrons. The van der Waals surface area contributed by atoms with Crippen LogP contribution < -0.4 is 5.73 Å². The third-order valence-corrected chi connectivity index (χ3v) is 4.91. The van der Waals surface area contributed by atoms with Crippen molar-refractivity contribution < 1.29 is 0 Å². The van der Waals surface area contributed by atoms with E-state index in [9.17, 15) is 0 Å². The molecule has 1 aliphatic rings. The summed E-state index contributed by atoms with van der Waals surface area (Å²) >= 11 is 6.12. The van der Waals surface area contributed by atoms with Gasteiger partial charge in [-0.25, -0.2) is 4.98 Å². The van der Waals surface area contributed by atoms with Crippen LogP contribution in [0.3, 0.4) is 0 Å². The Morgan fingerprint density at radius 1 is 1.32 bits per heavy atom. The van der Waals surface area contributed by atoms with Crippen molar-refractivity contribution in [3.63, 3.8) is 0 Å². The number of halogens is 1. The zero-order valence-electron chi connectivity index (χ0n) is 11.4. The first-order chi connectivity index (χ1) is 9.08. The maximum atomic E-state index is 6.15. The number of imidazole rings is 1. The molecule has 2 N–H and O–H groups in total. The fourth-order valence-corrected chi connectivity index (χ4v) is 3.52. The highest BCUT2D eigenvalue weighted by molar-refractivity contribution is 6.31. The fraction of sp³-hybridized carbons (Fsp3) is 0.533. The lowest BCUT2D eigenvalue weighted by Crippen LogP contribution is -2.27. The number of rotatable bonds is 1. The fourth-order valence-electron chi connectivity index (χ4n) is 3.35. The summed E-state index contributed by atoms with van der Waals surface area (Å²) < 4.78 is 2.20. The highest BCUT2D eigenvalue weighted by Crippen LogP contribution is 2.40. The number of nitrogens with two attached hydrogens (primary N) is 1. The number of anilines is 1. The van der Waals surface area contributed by atoms with E-state index >= 15 is 0 Å². The molecule has 1 heterocycles. The second kappa shape index (κ2) is 4.71. The van der Waals surface area contributed by atoms with E-state index in [1.165, 1.54) is 19.3 Å². The zero-order valence-corrected chi connectivity index (χ0v) is 12.2. The molecule has 0 spiro atoms. The number of nitrogens with zero attached hydrogens (tertiary/aromatic N) is 2. The normalized spacial score (nSPS) is 27.8. The van der Waals surface area contributed by atoms with Gasteiger partial charge in [0.15, 0.2) is 0 Å². The van der Waals surface area contributed by atoms with E-state index in [1.54, 1.807) is 0 Å². The van der Waals surface area contributed by atoms with Crippen LogP contribution in [0, 0.1) is 11.8 Å². The Morgan fingerprint density at radius 2 is 2.11 bits per heavy atom. The van der Waals surface area contributed by atoms with E-state index < -0.39 is 0 Å². The Hall–Kier alpha value is -1.22. The number of hydrogen-bond donors (Lipinski definition) is 1. The molecule has 19 heavy (non-hydrogen) atoms. The van der Waals surface area contributed by atoms with Gasteiger partial charge in [-0.15, -0.1) is 0 Å². The first-order valence-electron chi connectivity index (χ1n) is 7.01. The molecule has 0 saturated heterocycles. The van der Waals surface area contributed by atoms with E-state index in [-0.39, 0.29) is 0 Å². The molecule has 3 nitrogen and oxygen atoms in total. The summed E-state index contributed by atoms with van der Waals surface area (Å²) in [4.78, 5) is 4.47. The van der Waals surface area contributed by atoms with Crippen LogP contribution in [0.25, 0.3) is 11.0 Å². The van der Waals surface area contributed by atoms with Crippen LogP contribution in [-0.4, -0.2) is 9.55 Å². The molecular formula is C15H20ClN3. The average Bonchev–Trinajstić information content (AvgIpc) is 2.69. The summed E-state index contributed by atoms with van der Waals surface area (Å²) in [5.41, 5.74) is 8.15. The molecule has 3 rings (SSSR count). The second-order valence-corrected chi connectivity index (χ2v) is 6.24. The van der Waals surface area contributed by atoms with Gasteiger partial charge >= 0.3 is 0 Å². The SMILES string of the molecule is CC1CCCC(n2c(N)nc3ccc(Cl)cc32)C1C. The molecule has 4 heteroatoms. The number of benzene rings is 1. The monoisotopic (exact) mass is 277 g/mol. The minimum absolute atomic E-state index is 0.437. The van der Waals surface area contributed by atoms with Crippen LogP contribution >= 0.6 is 11.6 Å². The molecule has 0 radical (unpaired) electrons. The molecule has 1 aliphatic carbocycles. The van der Waals surface area contributed by atoms with Gasteiger partial charge in [0.1, 0.15) is 0 Å². The van der Waals surface area contributed by atoms with E-state index in [2.05, 4.69) is 23.4 Å². The molecule has 3 unspecified atom stereocenters. The summed E-state index contributed by atoms with van der Waals surface area (Å²) in [5.74, 6) is 1.96. The standard InChI is InChI=1S/C15H20ClN3/c1-9-4-3-5-13(10(9)2)19-14-8-11(16)6-7-12(14)18-15(19)17/h6-10,13H,3-5H2,1-2H3,(H2,17,18). The second-order valence-electron chi connectivity index (χ2n) is 5.81. The summed E-state index contributed by atoms with van der Waals surface area (Å²) in [7, 11) is 0. The Labute approximate surface area is 118 Å². The quantitative estimate of drug-likeness (QED) is 0.846. The topological polar surface area (TPSA) is 43.8 Å². The lowest BCUT2D eigenvalue weighted by Gasteiger charge is -2.35. The minimum Gasteiger partial charge on any atom is -0.369 e. The molecule has 1 fully saturated rings. The van der Waals surface area contributed by atoms with Gasteiger partial charge in [-0.3, -0.25) is 0 Å². The van der Waals surface area contributed by atoms with Gasteiger partial charge in [0.25, 0.3) is 0 Å². The first-order valence-corrected chi connectivity index (χ1v) is 7.38. The van der Waals surface area contributed by atoms with Gasteiger partial charge in [-0.2, -0.15) is 0 Å². The van der Waals surface area contributed by atoms with Crippen molar-refractivity contribution in [2.24, 2.45) is 11.8 Å². The molecule has 3 atom stereocenters. The molecule has 2 aromatic rings. The van der Waals surface area contributed by atoms with E-state index in [1.807, 2.05) is 18.2 Å². The Bertz CT molecular complexity index is 605. The van der Waals surface area contributed by atoms with Crippen molar-refractivity contribution in [3.05, 3.63) is 23.2 Å². The Morgan fingerprint density at radius 3 is 2.89 bits per heavy atom. The molecule has 0 bridgehead atoms. The van der Waals surface area contributed by atoms with Crippen LogP contribution in [0.5, 0.6) is 0 Å². The largest absolute Gasteiger partial charge is 0.369 e. The molecule has 1 aromatic carbocycles. The minimum atomic E-state index is 0.437. The third kappa shape index (κ3) is 2.10. The average molecular weight is 278 g/mol. The summed E-state index contributed by atoms with van der Waals surface area (Å²) in [5, 5.41) is 0.741. The van der Waals surface area contributed by atoms with Crippen molar-refractivity contribution in [2.45, 2.75) is 39.2 Å². The third-order valence-electron chi connectivity index (χ3n) is 4.67. The first kappa shape index (κ1) is 12.8. The lowest BCUT2D eigenvalue weighted by atomic mass is 9.78. The van der Waals surface area contributed by atoms with Gasteiger partial charge in [0.05, 0.1) is 11.0 Å².